The van der Waals surface area contributed by atoms with E-state index in [0.29, 0.717) is 25.5 Å². The van der Waals surface area contributed by atoms with Gasteiger partial charge in [-0.1, -0.05) is 55.8 Å². The van der Waals surface area contributed by atoms with Gasteiger partial charge in [0, 0.05) is 18.6 Å². The van der Waals surface area contributed by atoms with Gasteiger partial charge in [-0.25, -0.2) is 0 Å². The van der Waals surface area contributed by atoms with Crippen molar-refractivity contribution in [3.8, 4) is 5.75 Å². The first-order valence-electron chi connectivity index (χ1n) is 10.7. The second-order valence-electron chi connectivity index (χ2n) is 8.76. The Kier molecular flexibility index (Phi) is 7.32. The number of amides is 1. The Bertz CT molecular complexity index is 783. The van der Waals surface area contributed by atoms with E-state index in [0.717, 1.165) is 30.6 Å². The van der Waals surface area contributed by atoms with Crippen LogP contribution in [0.3, 0.4) is 0 Å². The van der Waals surface area contributed by atoms with Gasteiger partial charge in [0.1, 0.15) is 5.75 Å². The molecule has 4 heteroatoms. The summed E-state index contributed by atoms with van der Waals surface area (Å²) in [6.07, 6.45) is 3.27. The Labute approximate surface area is 175 Å². The maximum absolute atomic E-state index is 13.2. The number of hydrogen-bond donors (Lipinski definition) is 1. The molecule has 1 fully saturated rings. The van der Waals surface area contributed by atoms with Crippen LogP contribution >= 0.6 is 0 Å². The van der Waals surface area contributed by atoms with Crippen LogP contribution in [-0.2, 0) is 17.8 Å². The lowest BCUT2D eigenvalue weighted by molar-refractivity contribution is -0.133. The minimum Gasteiger partial charge on any atom is -0.493 e. The average Bonchev–Trinajstić information content (AvgIpc) is 3.12. The number of aryl methyl sites for hydroxylation is 1. The lowest BCUT2D eigenvalue weighted by Gasteiger charge is -2.29. The van der Waals surface area contributed by atoms with Crippen molar-refractivity contribution in [2.24, 2.45) is 11.7 Å². The molecule has 0 heterocycles. The van der Waals surface area contributed by atoms with E-state index < -0.39 is 0 Å². The molecule has 1 amide bonds. The van der Waals surface area contributed by atoms with E-state index in [-0.39, 0.29) is 18.0 Å². The van der Waals surface area contributed by atoms with Crippen molar-refractivity contribution in [2.45, 2.75) is 65.1 Å². The van der Waals surface area contributed by atoms with Crippen molar-refractivity contribution in [3.05, 3.63) is 65.2 Å². The second-order valence-corrected chi connectivity index (χ2v) is 8.76. The molecule has 0 aliphatic heterocycles. The summed E-state index contributed by atoms with van der Waals surface area (Å²) >= 11 is 0. The molecule has 0 radical (unpaired) electrons. The molecule has 2 atom stereocenters. The predicted octanol–water partition coefficient (Wildman–Crippen LogP) is 4.48. The molecule has 0 bridgehead atoms. The summed E-state index contributed by atoms with van der Waals surface area (Å²) in [4.78, 5) is 15.3. The van der Waals surface area contributed by atoms with Gasteiger partial charge in [-0.15, -0.1) is 0 Å². The van der Waals surface area contributed by atoms with Gasteiger partial charge in [-0.3, -0.25) is 4.79 Å². The fourth-order valence-electron chi connectivity index (χ4n) is 3.83. The number of nitrogens with two attached hydrogens (primary N) is 1. The van der Waals surface area contributed by atoms with Gasteiger partial charge in [0.05, 0.1) is 13.0 Å². The van der Waals surface area contributed by atoms with Crippen molar-refractivity contribution in [1.82, 2.24) is 4.90 Å². The summed E-state index contributed by atoms with van der Waals surface area (Å²) < 4.78 is 5.75. The minimum atomic E-state index is 0.167. The molecule has 1 aliphatic carbocycles. The zero-order chi connectivity index (χ0) is 20.8. The molecule has 156 valence electrons. The molecule has 4 nitrogen and oxygen atoms in total. The lowest BCUT2D eigenvalue weighted by atomic mass is 10.1. The van der Waals surface area contributed by atoms with Crippen molar-refractivity contribution >= 4 is 5.91 Å². The number of benzene rings is 2. The summed E-state index contributed by atoms with van der Waals surface area (Å²) in [5.41, 5.74) is 9.56. The van der Waals surface area contributed by atoms with Crippen LogP contribution in [-0.4, -0.2) is 29.5 Å². The SMILES string of the molecule is Cc1ccc(CN(C(=O)Cc2ccc(OCC(C)C)cc2)[C@@H]2CC[C@@H](N)C2)cc1. The topological polar surface area (TPSA) is 55.6 Å². The summed E-state index contributed by atoms with van der Waals surface area (Å²) in [5.74, 6) is 1.51. The highest BCUT2D eigenvalue weighted by Gasteiger charge is 2.30. The molecule has 0 saturated heterocycles. The summed E-state index contributed by atoms with van der Waals surface area (Å²) in [7, 11) is 0. The fraction of sp³-hybridized carbons (Fsp3) is 0.480. The number of carbonyl (C=O) groups excluding carboxylic acids is 1. The first kappa shape index (κ1) is 21.4. The molecular weight excluding hydrogens is 360 g/mol. The third-order valence-electron chi connectivity index (χ3n) is 5.54. The van der Waals surface area contributed by atoms with Crippen LogP contribution in [0, 0.1) is 12.8 Å². The van der Waals surface area contributed by atoms with Crippen LogP contribution in [0.2, 0.25) is 0 Å². The Hall–Kier alpha value is -2.33. The molecule has 1 saturated carbocycles. The third kappa shape index (κ3) is 6.33. The smallest absolute Gasteiger partial charge is 0.227 e. The minimum absolute atomic E-state index is 0.167. The molecule has 29 heavy (non-hydrogen) atoms. The quantitative estimate of drug-likeness (QED) is 0.718. The van der Waals surface area contributed by atoms with Gasteiger partial charge in [-0.2, -0.15) is 0 Å². The van der Waals surface area contributed by atoms with Gasteiger partial charge in [0.2, 0.25) is 5.91 Å². The number of carbonyl (C=O) groups is 1. The molecule has 2 aromatic carbocycles. The predicted molar refractivity (Wildman–Crippen MR) is 118 cm³/mol. The van der Waals surface area contributed by atoms with Gasteiger partial charge >= 0.3 is 0 Å². The molecule has 0 spiro atoms. The number of nitrogens with zero attached hydrogens (tertiary/aromatic N) is 1. The van der Waals surface area contributed by atoms with Gasteiger partial charge in [0.15, 0.2) is 0 Å². The van der Waals surface area contributed by atoms with E-state index in [1.165, 1.54) is 11.1 Å². The molecule has 3 rings (SSSR count). The Balaban J connectivity index is 1.68. The molecule has 1 aliphatic rings. The third-order valence-corrected chi connectivity index (χ3v) is 5.54. The van der Waals surface area contributed by atoms with E-state index in [2.05, 4.69) is 45.0 Å². The molecular formula is C25H34N2O2. The fourth-order valence-corrected chi connectivity index (χ4v) is 3.83. The molecule has 0 aromatic heterocycles. The summed E-state index contributed by atoms with van der Waals surface area (Å²) in [6, 6.07) is 16.8. The maximum Gasteiger partial charge on any atom is 0.227 e. The van der Waals surface area contributed by atoms with Crippen molar-refractivity contribution in [3.63, 3.8) is 0 Å². The summed E-state index contributed by atoms with van der Waals surface area (Å²) in [5, 5.41) is 0. The zero-order valence-electron chi connectivity index (χ0n) is 17.9. The van der Waals surface area contributed by atoms with Crippen LogP contribution in [0.4, 0.5) is 0 Å². The van der Waals surface area contributed by atoms with Crippen LogP contribution < -0.4 is 10.5 Å². The number of hydrogen-bond acceptors (Lipinski definition) is 3. The van der Waals surface area contributed by atoms with Crippen molar-refractivity contribution < 1.29 is 9.53 Å². The van der Waals surface area contributed by atoms with E-state index in [1.807, 2.05) is 29.2 Å². The van der Waals surface area contributed by atoms with Gasteiger partial charge in [0.25, 0.3) is 0 Å². The van der Waals surface area contributed by atoms with Gasteiger partial charge < -0.3 is 15.4 Å². The van der Waals surface area contributed by atoms with Crippen LogP contribution in [0.1, 0.15) is 49.8 Å². The number of ether oxygens (including phenoxy) is 1. The number of rotatable bonds is 8. The highest BCUT2D eigenvalue weighted by atomic mass is 16.5. The average molecular weight is 395 g/mol. The van der Waals surface area contributed by atoms with E-state index >= 15 is 0 Å². The Morgan fingerprint density at radius 3 is 2.31 bits per heavy atom. The van der Waals surface area contributed by atoms with E-state index in [9.17, 15) is 4.79 Å². The standard InChI is InChI=1S/C25H34N2O2/c1-18(2)17-29-24-12-8-20(9-13-24)14-25(28)27(23-11-10-22(26)15-23)16-21-6-4-19(3)5-7-21/h4-9,12-13,18,22-23H,10-11,14-17,26H2,1-3H3/t22-,23-/m1/s1. The highest BCUT2D eigenvalue weighted by Crippen LogP contribution is 2.26. The monoisotopic (exact) mass is 394 g/mol. The van der Waals surface area contributed by atoms with Crippen molar-refractivity contribution in [2.75, 3.05) is 6.61 Å². The van der Waals surface area contributed by atoms with Crippen molar-refractivity contribution in [1.29, 1.82) is 0 Å². The first-order chi connectivity index (χ1) is 13.9. The van der Waals surface area contributed by atoms with Gasteiger partial charge in [-0.05, 0) is 55.4 Å². The van der Waals surface area contributed by atoms with E-state index in [1.54, 1.807) is 0 Å². The Morgan fingerprint density at radius 2 is 1.72 bits per heavy atom. The molecule has 2 aromatic rings. The largest absolute Gasteiger partial charge is 0.493 e. The maximum atomic E-state index is 13.2. The first-order valence-corrected chi connectivity index (χ1v) is 10.7. The van der Waals surface area contributed by atoms with Crippen LogP contribution in [0.15, 0.2) is 48.5 Å². The normalized spacial score (nSPS) is 18.8. The molecule has 2 N–H and O–H groups in total. The van der Waals surface area contributed by atoms with Crippen LogP contribution in [0.25, 0.3) is 0 Å². The van der Waals surface area contributed by atoms with Crippen LogP contribution in [0.5, 0.6) is 5.75 Å². The Morgan fingerprint density at radius 1 is 1.07 bits per heavy atom. The van der Waals surface area contributed by atoms with E-state index in [4.69, 9.17) is 10.5 Å². The summed E-state index contributed by atoms with van der Waals surface area (Å²) in [6.45, 7) is 7.68. The highest BCUT2D eigenvalue weighted by molar-refractivity contribution is 5.79. The second kappa shape index (κ2) is 9.93. The lowest BCUT2D eigenvalue weighted by Crippen LogP contribution is -2.40. The zero-order valence-corrected chi connectivity index (χ0v) is 17.9. The molecule has 0 unspecified atom stereocenters.